The molecule has 0 amide bonds. The number of hydrogen-bond donors (Lipinski definition) is 2. The Balaban J connectivity index is 2.08. The number of nitrogens with one attached hydrogen (secondary N) is 1. The second-order valence-corrected chi connectivity index (χ2v) is 7.61. The fourth-order valence-corrected chi connectivity index (χ4v) is 4.07. The summed E-state index contributed by atoms with van der Waals surface area (Å²) in [6, 6.07) is 4.39. The van der Waals surface area contributed by atoms with E-state index in [4.69, 9.17) is 16.7 Å². The molecule has 112 valence electrons. The summed E-state index contributed by atoms with van der Waals surface area (Å²) in [6.45, 7) is 2.44. The van der Waals surface area contributed by atoms with Gasteiger partial charge in [0.05, 0.1) is 11.5 Å². The van der Waals surface area contributed by atoms with Gasteiger partial charge in [-0.15, -0.1) is 0 Å². The quantitative estimate of drug-likeness (QED) is 0.877. The molecule has 2 N–H and O–H groups in total. The van der Waals surface area contributed by atoms with Gasteiger partial charge in [0, 0.05) is 11.6 Å². The van der Waals surface area contributed by atoms with E-state index in [9.17, 15) is 8.42 Å². The van der Waals surface area contributed by atoms with Crippen molar-refractivity contribution >= 4 is 21.6 Å². The molecule has 2 atom stereocenters. The Bertz CT molecular complexity index is 574. The van der Waals surface area contributed by atoms with Gasteiger partial charge in [-0.2, -0.15) is 0 Å². The second kappa shape index (κ2) is 6.43. The summed E-state index contributed by atoms with van der Waals surface area (Å²) in [6.07, 6.45) is 3.42. The number of aliphatic hydroxyl groups is 1. The van der Waals surface area contributed by atoms with E-state index in [1.807, 2.05) is 0 Å². The molecule has 0 saturated heterocycles. The molecule has 1 aliphatic rings. The topological polar surface area (TPSA) is 66.4 Å². The summed E-state index contributed by atoms with van der Waals surface area (Å²) in [5.74, 6) is 0.981. The molecule has 1 aliphatic carbocycles. The van der Waals surface area contributed by atoms with E-state index in [0.717, 1.165) is 6.42 Å². The fourth-order valence-electron chi connectivity index (χ4n) is 2.65. The van der Waals surface area contributed by atoms with Crippen molar-refractivity contribution in [1.29, 1.82) is 0 Å². The molecule has 4 nitrogen and oxygen atoms in total. The number of benzene rings is 1. The van der Waals surface area contributed by atoms with Crippen LogP contribution in [0.3, 0.4) is 0 Å². The highest BCUT2D eigenvalue weighted by atomic mass is 35.5. The van der Waals surface area contributed by atoms with E-state index in [-0.39, 0.29) is 16.5 Å². The monoisotopic (exact) mass is 317 g/mol. The van der Waals surface area contributed by atoms with Crippen molar-refractivity contribution in [3.63, 3.8) is 0 Å². The number of hydrogen-bond acceptors (Lipinski definition) is 3. The van der Waals surface area contributed by atoms with Crippen LogP contribution in [0, 0.1) is 11.8 Å². The van der Waals surface area contributed by atoms with Gasteiger partial charge in [-0.05, 0) is 36.0 Å². The van der Waals surface area contributed by atoms with Gasteiger partial charge in [-0.3, -0.25) is 0 Å². The van der Waals surface area contributed by atoms with Crippen molar-refractivity contribution < 1.29 is 13.5 Å². The second-order valence-electron chi connectivity index (χ2n) is 5.43. The molecule has 0 spiro atoms. The summed E-state index contributed by atoms with van der Waals surface area (Å²) >= 11 is 5.93. The smallest absolute Gasteiger partial charge is 0.240 e. The van der Waals surface area contributed by atoms with Crippen LogP contribution in [0.25, 0.3) is 0 Å². The van der Waals surface area contributed by atoms with Crippen molar-refractivity contribution in [1.82, 2.24) is 4.72 Å². The highest BCUT2D eigenvalue weighted by Gasteiger charge is 2.25. The summed E-state index contributed by atoms with van der Waals surface area (Å²) in [5.41, 5.74) is 0.523. The molecule has 1 saturated carbocycles. The molecule has 1 fully saturated rings. The van der Waals surface area contributed by atoms with Crippen LogP contribution in [-0.4, -0.2) is 20.1 Å². The minimum Gasteiger partial charge on any atom is -0.392 e. The molecule has 2 rings (SSSR count). The van der Waals surface area contributed by atoms with Crippen LogP contribution in [0.15, 0.2) is 23.1 Å². The van der Waals surface area contributed by atoms with E-state index in [1.165, 1.54) is 31.0 Å². The zero-order valence-electron chi connectivity index (χ0n) is 11.5. The maximum Gasteiger partial charge on any atom is 0.240 e. The van der Waals surface area contributed by atoms with E-state index in [0.29, 0.717) is 23.9 Å². The van der Waals surface area contributed by atoms with Gasteiger partial charge in [-0.25, -0.2) is 13.1 Å². The van der Waals surface area contributed by atoms with Crippen molar-refractivity contribution in [3.8, 4) is 0 Å². The van der Waals surface area contributed by atoms with Crippen LogP contribution in [-0.2, 0) is 16.6 Å². The van der Waals surface area contributed by atoms with Gasteiger partial charge in [0.2, 0.25) is 10.0 Å². The van der Waals surface area contributed by atoms with Crippen molar-refractivity contribution in [3.05, 3.63) is 28.8 Å². The lowest BCUT2D eigenvalue weighted by Gasteiger charge is -2.16. The first-order chi connectivity index (χ1) is 9.44. The summed E-state index contributed by atoms with van der Waals surface area (Å²) in [7, 11) is -3.53. The molecule has 0 radical (unpaired) electrons. The van der Waals surface area contributed by atoms with Crippen molar-refractivity contribution in [2.45, 2.75) is 37.7 Å². The molecule has 0 aromatic heterocycles. The molecule has 1 aromatic rings. The first-order valence-corrected chi connectivity index (χ1v) is 8.69. The standard InChI is InChI=1S/C14H20ClNO3S/c1-10-3-2-4-11(10)8-16-20(18,19)13-6-5-12(9-17)14(15)7-13/h5-7,10-11,16-17H,2-4,8-9H2,1H3. The van der Waals surface area contributed by atoms with E-state index >= 15 is 0 Å². The summed E-state index contributed by atoms with van der Waals surface area (Å²) in [4.78, 5) is 0.144. The minimum atomic E-state index is -3.53. The molecule has 0 bridgehead atoms. The minimum absolute atomic E-state index is 0.144. The number of halogens is 1. The molecule has 0 heterocycles. The zero-order valence-corrected chi connectivity index (χ0v) is 13.0. The maximum atomic E-state index is 12.2. The van der Waals surface area contributed by atoms with E-state index in [2.05, 4.69) is 11.6 Å². The SMILES string of the molecule is CC1CCCC1CNS(=O)(=O)c1ccc(CO)c(Cl)c1. The van der Waals surface area contributed by atoms with Gasteiger partial charge in [-0.1, -0.05) is 37.4 Å². The highest BCUT2D eigenvalue weighted by Crippen LogP contribution is 2.30. The maximum absolute atomic E-state index is 12.2. The Morgan fingerprint density at radius 2 is 2.15 bits per heavy atom. The first-order valence-electron chi connectivity index (χ1n) is 6.83. The van der Waals surface area contributed by atoms with Crippen LogP contribution in [0.1, 0.15) is 31.7 Å². The molecular weight excluding hydrogens is 298 g/mol. The number of rotatable bonds is 5. The van der Waals surface area contributed by atoms with Crippen LogP contribution in [0.5, 0.6) is 0 Å². The van der Waals surface area contributed by atoms with Crippen molar-refractivity contribution in [2.75, 3.05) is 6.54 Å². The lowest BCUT2D eigenvalue weighted by Crippen LogP contribution is -2.30. The van der Waals surface area contributed by atoms with Crippen LogP contribution < -0.4 is 4.72 Å². The lowest BCUT2D eigenvalue weighted by molar-refractivity contribution is 0.282. The van der Waals surface area contributed by atoms with Crippen LogP contribution in [0.2, 0.25) is 5.02 Å². The molecule has 6 heteroatoms. The zero-order chi connectivity index (χ0) is 14.8. The van der Waals surface area contributed by atoms with Crippen molar-refractivity contribution in [2.24, 2.45) is 11.8 Å². The number of aliphatic hydroxyl groups excluding tert-OH is 1. The average molecular weight is 318 g/mol. The molecule has 1 aromatic carbocycles. The normalized spacial score (nSPS) is 23.1. The van der Waals surface area contributed by atoms with Gasteiger partial charge in [0.1, 0.15) is 0 Å². The predicted octanol–water partition coefficient (Wildman–Crippen LogP) is 2.55. The largest absolute Gasteiger partial charge is 0.392 e. The predicted molar refractivity (Wildman–Crippen MR) is 79.1 cm³/mol. The molecule has 0 aliphatic heterocycles. The molecule has 20 heavy (non-hydrogen) atoms. The van der Waals surface area contributed by atoms with Crippen LogP contribution in [0.4, 0.5) is 0 Å². The average Bonchev–Trinajstić information content (AvgIpc) is 2.82. The Kier molecular flexibility index (Phi) is 5.07. The third-order valence-corrected chi connectivity index (χ3v) is 5.85. The third-order valence-electron chi connectivity index (χ3n) is 4.08. The van der Waals surface area contributed by atoms with Gasteiger partial charge < -0.3 is 5.11 Å². The van der Waals surface area contributed by atoms with Crippen LogP contribution >= 0.6 is 11.6 Å². The van der Waals surface area contributed by atoms with Gasteiger partial charge in [0.25, 0.3) is 0 Å². The first kappa shape index (κ1) is 15.8. The Labute approximate surface area is 125 Å². The molecular formula is C14H20ClNO3S. The third kappa shape index (κ3) is 3.52. The van der Waals surface area contributed by atoms with Gasteiger partial charge in [0.15, 0.2) is 0 Å². The lowest BCUT2D eigenvalue weighted by atomic mass is 9.99. The summed E-state index contributed by atoms with van der Waals surface area (Å²) in [5, 5.41) is 9.31. The Morgan fingerprint density at radius 1 is 1.40 bits per heavy atom. The van der Waals surface area contributed by atoms with Gasteiger partial charge >= 0.3 is 0 Å². The molecule has 2 unspecified atom stereocenters. The van der Waals surface area contributed by atoms with E-state index < -0.39 is 10.0 Å². The summed E-state index contributed by atoms with van der Waals surface area (Å²) < 4.78 is 27.1. The highest BCUT2D eigenvalue weighted by molar-refractivity contribution is 7.89. The Morgan fingerprint density at radius 3 is 2.70 bits per heavy atom. The number of sulfonamides is 1. The fraction of sp³-hybridized carbons (Fsp3) is 0.571. The van der Waals surface area contributed by atoms with E-state index in [1.54, 1.807) is 0 Å². The Hall–Kier alpha value is -0.620.